The van der Waals surface area contributed by atoms with E-state index >= 15 is 0 Å². The molecule has 0 bridgehead atoms. The van der Waals surface area contributed by atoms with Crippen molar-refractivity contribution in [2.75, 3.05) is 19.7 Å². The van der Waals surface area contributed by atoms with Crippen LogP contribution in [0.2, 0.25) is 0 Å². The summed E-state index contributed by atoms with van der Waals surface area (Å²) >= 11 is 1.20. The maximum atomic E-state index is 12.7. The standard InChI is InChI=1S/C16H19N3O2S/c1-2-6-13-15(22-18-17-13)16(20)19-9-10-21-14(11-19)12-7-4-3-5-8-12/h3-5,7-8,14H,2,6,9-11H2,1H3. The van der Waals surface area contributed by atoms with Crippen LogP contribution >= 0.6 is 11.5 Å². The number of carbonyl (C=O) groups excluding carboxylic acids is 1. The molecule has 116 valence electrons. The molecule has 2 heterocycles. The second-order valence-electron chi connectivity index (χ2n) is 5.32. The number of amides is 1. The lowest BCUT2D eigenvalue weighted by atomic mass is 10.1. The van der Waals surface area contributed by atoms with Crippen molar-refractivity contribution in [1.82, 2.24) is 14.5 Å². The van der Waals surface area contributed by atoms with Crippen LogP contribution in [-0.2, 0) is 11.2 Å². The highest BCUT2D eigenvalue weighted by molar-refractivity contribution is 7.08. The Bertz CT molecular complexity index is 629. The van der Waals surface area contributed by atoms with Crippen LogP contribution in [0.15, 0.2) is 30.3 Å². The lowest BCUT2D eigenvalue weighted by molar-refractivity contribution is -0.0227. The van der Waals surface area contributed by atoms with E-state index in [1.807, 2.05) is 35.2 Å². The predicted molar refractivity (Wildman–Crippen MR) is 84.9 cm³/mol. The molecule has 0 N–H and O–H groups in total. The topological polar surface area (TPSA) is 55.3 Å². The smallest absolute Gasteiger partial charge is 0.267 e. The lowest BCUT2D eigenvalue weighted by Gasteiger charge is -2.33. The number of carbonyl (C=O) groups is 1. The highest BCUT2D eigenvalue weighted by Gasteiger charge is 2.28. The van der Waals surface area contributed by atoms with Crippen molar-refractivity contribution in [3.63, 3.8) is 0 Å². The van der Waals surface area contributed by atoms with E-state index in [2.05, 4.69) is 16.5 Å². The van der Waals surface area contributed by atoms with Crippen LogP contribution < -0.4 is 0 Å². The van der Waals surface area contributed by atoms with Gasteiger partial charge in [-0.25, -0.2) is 0 Å². The highest BCUT2D eigenvalue weighted by atomic mass is 32.1. The lowest BCUT2D eigenvalue weighted by Crippen LogP contribution is -2.42. The number of aryl methyl sites for hydroxylation is 1. The normalized spacial score (nSPS) is 18.4. The Kier molecular flexibility index (Phi) is 4.80. The van der Waals surface area contributed by atoms with E-state index in [1.54, 1.807) is 0 Å². The first-order chi connectivity index (χ1) is 10.8. The van der Waals surface area contributed by atoms with Gasteiger partial charge in [-0.05, 0) is 23.5 Å². The molecule has 1 atom stereocenters. The quantitative estimate of drug-likeness (QED) is 0.870. The van der Waals surface area contributed by atoms with Gasteiger partial charge in [0.1, 0.15) is 11.0 Å². The average molecular weight is 317 g/mol. The van der Waals surface area contributed by atoms with Gasteiger partial charge in [-0.2, -0.15) is 0 Å². The van der Waals surface area contributed by atoms with Crippen molar-refractivity contribution in [2.24, 2.45) is 0 Å². The van der Waals surface area contributed by atoms with E-state index in [0.717, 1.165) is 24.1 Å². The molecule has 0 radical (unpaired) electrons. The van der Waals surface area contributed by atoms with E-state index < -0.39 is 0 Å². The molecule has 6 heteroatoms. The zero-order chi connectivity index (χ0) is 15.4. The Morgan fingerprint density at radius 1 is 1.41 bits per heavy atom. The zero-order valence-electron chi connectivity index (χ0n) is 12.6. The summed E-state index contributed by atoms with van der Waals surface area (Å²) in [6.45, 7) is 3.83. The third-order valence-corrected chi connectivity index (χ3v) is 4.52. The third-order valence-electron chi connectivity index (χ3n) is 3.76. The van der Waals surface area contributed by atoms with Crippen LogP contribution in [0.1, 0.15) is 40.4 Å². The second-order valence-corrected chi connectivity index (χ2v) is 6.07. The summed E-state index contributed by atoms with van der Waals surface area (Å²) < 4.78 is 9.76. The van der Waals surface area contributed by atoms with E-state index in [-0.39, 0.29) is 12.0 Å². The van der Waals surface area contributed by atoms with E-state index in [1.165, 1.54) is 11.5 Å². The SMILES string of the molecule is CCCc1nnsc1C(=O)N1CCOC(c2ccccc2)C1. The number of hydrogen-bond donors (Lipinski definition) is 0. The highest BCUT2D eigenvalue weighted by Crippen LogP contribution is 2.24. The van der Waals surface area contributed by atoms with E-state index in [4.69, 9.17) is 4.74 Å². The minimum absolute atomic E-state index is 0.0303. The summed E-state index contributed by atoms with van der Waals surface area (Å²) in [7, 11) is 0. The summed E-state index contributed by atoms with van der Waals surface area (Å²) in [5, 5.41) is 4.09. The Hall–Kier alpha value is -1.79. The summed E-state index contributed by atoms with van der Waals surface area (Å²) in [6.07, 6.45) is 1.69. The molecule has 0 aliphatic carbocycles. The number of aromatic nitrogens is 2. The molecule has 2 aromatic rings. The molecule has 1 saturated heterocycles. The van der Waals surface area contributed by atoms with Crippen LogP contribution in [0.3, 0.4) is 0 Å². The summed E-state index contributed by atoms with van der Waals surface area (Å²) in [5.41, 5.74) is 1.93. The maximum absolute atomic E-state index is 12.7. The number of rotatable bonds is 4. The van der Waals surface area contributed by atoms with Gasteiger partial charge in [0.05, 0.1) is 18.8 Å². The Morgan fingerprint density at radius 3 is 3.00 bits per heavy atom. The van der Waals surface area contributed by atoms with Gasteiger partial charge in [-0.1, -0.05) is 48.2 Å². The molecule has 1 amide bonds. The van der Waals surface area contributed by atoms with Crippen LogP contribution in [-0.4, -0.2) is 40.1 Å². The fourth-order valence-electron chi connectivity index (χ4n) is 2.62. The van der Waals surface area contributed by atoms with Crippen molar-refractivity contribution in [1.29, 1.82) is 0 Å². The van der Waals surface area contributed by atoms with Gasteiger partial charge in [0.15, 0.2) is 0 Å². The molecule has 3 rings (SSSR count). The van der Waals surface area contributed by atoms with Crippen molar-refractivity contribution < 1.29 is 9.53 Å². The molecule has 5 nitrogen and oxygen atoms in total. The predicted octanol–water partition coefficient (Wildman–Crippen LogP) is 2.70. The van der Waals surface area contributed by atoms with E-state index in [9.17, 15) is 4.79 Å². The van der Waals surface area contributed by atoms with Crippen LogP contribution in [0.4, 0.5) is 0 Å². The molecule has 1 fully saturated rings. The van der Waals surface area contributed by atoms with Crippen LogP contribution in [0, 0.1) is 0 Å². The second kappa shape index (κ2) is 6.98. The fourth-order valence-corrected chi connectivity index (χ4v) is 3.29. The first-order valence-corrected chi connectivity index (χ1v) is 8.34. The molecule has 0 saturated carbocycles. The number of benzene rings is 1. The summed E-state index contributed by atoms with van der Waals surface area (Å²) in [6, 6.07) is 10.0. The molecule has 1 aliphatic heterocycles. The van der Waals surface area contributed by atoms with Gasteiger partial charge < -0.3 is 9.64 Å². The largest absolute Gasteiger partial charge is 0.370 e. The number of nitrogens with zero attached hydrogens (tertiary/aromatic N) is 3. The molecule has 0 spiro atoms. The fraction of sp³-hybridized carbons (Fsp3) is 0.438. The molecule has 1 aliphatic rings. The third kappa shape index (κ3) is 3.18. The first kappa shape index (κ1) is 15.1. The molecular weight excluding hydrogens is 298 g/mol. The van der Waals surface area contributed by atoms with Crippen LogP contribution in [0.5, 0.6) is 0 Å². The molecule has 22 heavy (non-hydrogen) atoms. The van der Waals surface area contributed by atoms with Gasteiger partial charge in [0.2, 0.25) is 0 Å². The van der Waals surface area contributed by atoms with Crippen LogP contribution in [0.25, 0.3) is 0 Å². The minimum atomic E-state index is -0.0607. The van der Waals surface area contributed by atoms with Crippen molar-refractivity contribution in [3.05, 3.63) is 46.5 Å². The van der Waals surface area contributed by atoms with Gasteiger partial charge >= 0.3 is 0 Å². The monoisotopic (exact) mass is 317 g/mol. The Balaban J connectivity index is 1.74. The Labute approximate surface area is 134 Å². The van der Waals surface area contributed by atoms with Crippen molar-refractivity contribution >= 4 is 17.4 Å². The van der Waals surface area contributed by atoms with Gasteiger partial charge in [-0.15, -0.1) is 5.10 Å². The summed E-state index contributed by atoms with van der Waals surface area (Å²) in [5.74, 6) is 0.0303. The average Bonchev–Trinajstić information content (AvgIpc) is 3.04. The summed E-state index contributed by atoms with van der Waals surface area (Å²) in [4.78, 5) is 15.3. The van der Waals surface area contributed by atoms with Gasteiger partial charge in [0.25, 0.3) is 5.91 Å². The van der Waals surface area contributed by atoms with Gasteiger partial charge in [-0.3, -0.25) is 4.79 Å². The Morgan fingerprint density at radius 2 is 2.23 bits per heavy atom. The first-order valence-electron chi connectivity index (χ1n) is 7.56. The number of hydrogen-bond acceptors (Lipinski definition) is 5. The number of ether oxygens (including phenoxy) is 1. The molecular formula is C16H19N3O2S. The molecule has 1 aromatic carbocycles. The van der Waals surface area contributed by atoms with Crippen molar-refractivity contribution in [2.45, 2.75) is 25.9 Å². The van der Waals surface area contributed by atoms with E-state index in [0.29, 0.717) is 24.6 Å². The zero-order valence-corrected chi connectivity index (χ0v) is 13.4. The molecule has 1 unspecified atom stereocenters. The van der Waals surface area contributed by atoms with Crippen molar-refractivity contribution in [3.8, 4) is 0 Å². The minimum Gasteiger partial charge on any atom is -0.370 e. The number of morpholine rings is 1. The maximum Gasteiger partial charge on any atom is 0.267 e. The van der Waals surface area contributed by atoms with Gasteiger partial charge in [0, 0.05) is 6.54 Å². The molecule has 1 aromatic heterocycles.